The predicted molar refractivity (Wildman–Crippen MR) is 69.9 cm³/mol. The van der Waals surface area contributed by atoms with Crippen molar-refractivity contribution in [1.29, 1.82) is 0 Å². The number of carbonyl (C=O) groups is 2. The van der Waals surface area contributed by atoms with Gasteiger partial charge in [-0.25, -0.2) is 4.79 Å². The summed E-state index contributed by atoms with van der Waals surface area (Å²) in [5.74, 6) is -0.652. The molecule has 0 aromatic carbocycles. The van der Waals surface area contributed by atoms with Crippen LogP contribution in [0.2, 0.25) is 5.02 Å². The van der Waals surface area contributed by atoms with E-state index in [1.54, 1.807) is 6.07 Å². The summed E-state index contributed by atoms with van der Waals surface area (Å²) >= 11 is 6.00. The number of esters is 1. The Balaban J connectivity index is 2.25. The second-order valence-corrected chi connectivity index (χ2v) is 4.80. The van der Waals surface area contributed by atoms with Crippen molar-refractivity contribution in [2.45, 2.75) is 25.3 Å². The first-order valence-corrected chi connectivity index (χ1v) is 6.51. The summed E-state index contributed by atoms with van der Waals surface area (Å²) in [6, 6.07) is 1.04. The van der Waals surface area contributed by atoms with E-state index < -0.39 is 6.04 Å². The fraction of sp³-hybridized carbons (Fsp3) is 0.462. The van der Waals surface area contributed by atoms with Crippen LogP contribution in [0.15, 0.2) is 18.5 Å². The highest BCUT2D eigenvalue weighted by Crippen LogP contribution is 2.23. The molecule has 1 aliphatic rings. The second kappa shape index (κ2) is 6.02. The lowest BCUT2D eigenvalue weighted by Gasteiger charge is -2.33. The van der Waals surface area contributed by atoms with Crippen LogP contribution in [0.3, 0.4) is 0 Å². The van der Waals surface area contributed by atoms with E-state index in [0.717, 1.165) is 12.8 Å². The van der Waals surface area contributed by atoms with E-state index in [1.165, 1.54) is 24.4 Å². The zero-order chi connectivity index (χ0) is 13.8. The summed E-state index contributed by atoms with van der Waals surface area (Å²) in [6.45, 7) is 0.532. The number of hydrogen-bond acceptors (Lipinski definition) is 4. The second-order valence-electron chi connectivity index (χ2n) is 4.39. The first-order valence-electron chi connectivity index (χ1n) is 6.13. The van der Waals surface area contributed by atoms with Crippen LogP contribution in [0.25, 0.3) is 0 Å². The Morgan fingerprint density at radius 1 is 1.47 bits per heavy atom. The van der Waals surface area contributed by atoms with Gasteiger partial charge in [0, 0.05) is 18.9 Å². The van der Waals surface area contributed by atoms with Crippen molar-refractivity contribution in [3.63, 3.8) is 0 Å². The van der Waals surface area contributed by atoms with Crippen molar-refractivity contribution in [2.24, 2.45) is 0 Å². The number of halogens is 1. The van der Waals surface area contributed by atoms with Crippen LogP contribution in [0.5, 0.6) is 0 Å². The third kappa shape index (κ3) is 2.87. The number of pyridine rings is 1. The zero-order valence-corrected chi connectivity index (χ0v) is 11.4. The van der Waals surface area contributed by atoms with Crippen LogP contribution in [-0.2, 0) is 9.53 Å². The van der Waals surface area contributed by atoms with Crippen molar-refractivity contribution in [2.75, 3.05) is 13.7 Å². The molecule has 0 bridgehead atoms. The number of ether oxygens (including phenoxy) is 1. The minimum atomic E-state index is -0.525. The first-order chi connectivity index (χ1) is 9.15. The van der Waals surface area contributed by atoms with Crippen molar-refractivity contribution in [3.8, 4) is 0 Å². The molecule has 6 heteroatoms. The van der Waals surface area contributed by atoms with Crippen molar-refractivity contribution in [1.82, 2.24) is 9.88 Å². The average Bonchev–Trinajstić information content (AvgIpc) is 2.46. The molecule has 1 aliphatic heterocycles. The molecule has 1 fully saturated rings. The summed E-state index contributed by atoms with van der Waals surface area (Å²) in [5.41, 5.74) is 0.319. The van der Waals surface area contributed by atoms with Gasteiger partial charge in [0.15, 0.2) is 0 Å². The van der Waals surface area contributed by atoms with Crippen LogP contribution < -0.4 is 0 Å². The summed E-state index contributed by atoms with van der Waals surface area (Å²) in [5, 5.41) is 0.342. The number of aromatic nitrogens is 1. The van der Waals surface area contributed by atoms with Gasteiger partial charge in [0.1, 0.15) is 6.04 Å². The summed E-state index contributed by atoms with van der Waals surface area (Å²) in [4.78, 5) is 29.6. The van der Waals surface area contributed by atoms with E-state index in [0.29, 0.717) is 23.6 Å². The van der Waals surface area contributed by atoms with Crippen molar-refractivity contribution in [3.05, 3.63) is 29.0 Å². The van der Waals surface area contributed by atoms with E-state index in [9.17, 15) is 9.59 Å². The SMILES string of the molecule is COC(=O)C1CCCCN1C(=O)c1cnccc1Cl. The molecular formula is C13H15ClN2O3. The molecule has 102 valence electrons. The molecular weight excluding hydrogens is 268 g/mol. The molecule has 1 amide bonds. The quantitative estimate of drug-likeness (QED) is 0.778. The molecule has 0 saturated carbocycles. The van der Waals surface area contributed by atoms with Crippen LogP contribution >= 0.6 is 11.6 Å². The van der Waals surface area contributed by atoms with Gasteiger partial charge in [0.25, 0.3) is 5.91 Å². The molecule has 2 rings (SSSR count). The van der Waals surface area contributed by atoms with Gasteiger partial charge in [0.2, 0.25) is 0 Å². The molecule has 1 aromatic heterocycles. The smallest absolute Gasteiger partial charge is 0.328 e. The molecule has 1 aromatic rings. The van der Waals surface area contributed by atoms with Crippen molar-refractivity contribution < 1.29 is 14.3 Å². The van der Waals surface area contributed by atoms with Gasteiger partial charge in [-0.15, -0.1) is 0 Å². The van der Waals surface area contributed by atoms with E-state index in [2.05, 4.69) is 4.98 Å². The Labute approximate surface area is 116 Å². The topological polar surface area (TPSA) is 59.5 Å². The van der Waals surface area contributed by atoms with Crippen LogP contribution in [-0.4, -0.2) is 41.5 Å². The standard InChI is InChI=1S/C13H15ClN2O3/c1-19-13(18)11-4-2-3-7-16(11)12(17)9-8-15-6-5-10(9)14/h5-6,8,11H,2-4,7H2,1H3. The van der Waals surface area contributed by atoms with Crippen LogP contribution in [0, 0.1) is 0 Å². The predicted octanol–water partition coefficient (Wildman–Crippen LogP) is 1.90. The molecule has 1 saturated heterocycles. The summed E-state index contributed by atoms with van der Waals surface area (Å²) in [6.07, 6.45) is 5.35. The third-order valence-corrected chi connectivity index (χ3v) is 3.56. The lowest BCUT2D eigenvalue weighted by Crippen LogP contribution is -2.48. The maximum atomic E-state index is 12.4. The zero-order valence-electron chi connectivity index (χ0n) is 10.6. The van der Waals surface area contributed by atoms with Gasteiger partial charge < -0.3 is 9.64 Å². The number of hydrogen-bond donors (Lipinski definition) is 0. The van der Waals surface area contributed by atoms with E-state index >= 15 is 0 Å². The molecule has 1 unspecified atom stereocenters. The fourth-order valence-electron chi connectivity index (χ4n) is 2.25. The van der Waals surface area contributed by atoms with Crippen LogP contribution in [0.4, 0.5) is 0 Å². The molecule has 0 aliphatic carbocycles. The highest BCUT2D eigenvalue weighted by atomic mass is 35.5. The lowest BCUT2D eigenvalue weighted by molar-refractivity contribution is -0.147. The molecule has 0 N–H and O–H groups in total. The van der Waals surface area contributed by atoms with E-state index in [4.69, 9.17) is 16.3 Å². The Morgan fingerprint density at radius 2 is 2.26 bits per heavy atom. The number of piperidine rings is 1. The highest BCUT2D eigenvalue weighted by molar-refractivity contribution is 6.33. The number of carbonyl (C=O) groups excluding carboxylic acids is 2. The Hall–Kier alpha value is -1.62. The molecule has 0 radical (unpaired) electrons. The van der Waals surface area contributed by atoms with E-state index in [1.807, 2.05) is 0 Å². The van der Waals surface area contributed by atoms with Gasteiger partial charge in [-0.3, -0.25) is 9.78 Å². The first kappa shape index (κ1) is 13.8. The normalized spacial score (nSPS) is 19.1. The monoisotopic (exact) mass is 282 g/mol. The number of likely N-dealkylation sites (tertiary alicyclic amines) is 1. The molecule has 2 heterocycles. The molecule has 1 atom stereocenters. The minimum absolute atomic E-state index is 0.270. The van der Waals surface area contributed by atoms with Crippen molar-refractivity contribution >= 4 is 23.5 Å². The maximum Gasteiger partial charge on any atom is 0.328 e. The van der Waals surface area contributed by atoms with Gasteiger partial charge >= 0.3 is 5.97 Å². The summed E-state index contributed by atoms with van der Waals surface area (Å²) in [7, 11) is 1.33. The number of amides is 1. The largest absolute Gasteiger partial charge is 0.467 e. The highest BCUT2D eigenvalue weighted by Gasteiger charge is 2.34. The van der Waals surface area contributed by atoms with E-state index in [-0.39, 0.29) is 11.9 Å². The van der Waals surface area contributed by atoms with Gasteiger partial charge in [-0.2, -0.15) is 0 Å². The Bertz CT molecular complexity index is 493. The minimum Gasteiger partial charge on any atom is -0.467 e. The van der Waals surface area contributed by atoms with Gasteiger partial charge in [-0.1, -0.05) is 11.6 Å². The molecule has 0 spiro atoms. The maximum absolute atomic E-state index is 12.4. The summed E-state index contributed by atoms with van der Waals surface area (Å²) < 4.78 is 4.75. The average molecular weight is 283 g/mol. The van der Waals surface area contributed by atoms with Crippen LogP contribution in [0.1, 0.15) is 29.6 Å². The Kier molecular flexibility index (Phi) is 4.37. The molecule has 5 nitrogen and oxygen atoms in total. The van der Waals surface area contributed by atoms with Gasteiger partial charge in [-0.05, 0) is 25.3 Å². The fourth-order valence-corrected chi connectivity index (χ4v) is 2.43. The molecule has 19 heavy (non-hydrogen) atoms. The van der Waals surface area contributed by atoms with Gasteiger partial charge in [0.05, 0.1) is 17.7 Å². The number of rotatable bonds is 2. The third-order valence-electron chi connectivity index (χ3n) is 3.24. The Morgan fingerprint density at radius 3 is 2.95 bits per heavy atom. The number of nitrogens with zero attached hydrogens (tertiary/aromatic N) is 2. The lowest BCUT2D eigenvalue weighted by atomic mass is 10.0. The number of methoxy groups -OCH3 is 1.